The van der Waals surface area contributed by atoms with Gasteiger partial charge in [-0.15, -0.1) is 0 Å². The normalized spacial score (nSPS) is 35.3. The molecular weight excluding hydrogens is 276 g/mol. The Kier molecular flexibility index (Phi) is 6.45. The van der Waals surface area contributed by atoms with Crippen LogP contribution in [0.15, 0.2) is 12.2 Å². The van der Waals surface area contributed by atoms with Crippen LogP contribution >= 0.6 is 0 Å². The summed E-state index contributed by atoms with van der Waals surface area (Å²) in [5.74, 6) is 0. The van der Waals surface area contributed by atoms with Crippen LogP contribution in [0.5, 0.6) is 0 Å². The zero-order valence-electron chi connectivity index (χ0n) is 14.4. The number of rotatable bonds is 6. The highest BCUT2D eigenvalue weighted by Gasteiger charge is 2.34. The molecule has 2 N–H and O–H groups in total. The molecule has 0 saturated carbocycles. The molecule has 2 aliphatic heterocycles. The van der Waals surface area contributed by atoms with Crippen molar-refractivity contribution in [2.24, 2.45) is 0 Å². The zero-order chi connectivity index (χ0) is 16.1. The Morgan fingerprint density at radius 3 is 1.55 bits per heavy atom. The van der Waals surface area contributed by atoms with Gasteiger partial charge in [-0.05, 0) is 52.6 Å². The fraction of sp³-hybridized carbons (Fsp3) is 0.889. The minimum Gasteiger partial charge on any atom is -0.394 e. The number of likely N-dealkylation sites (tertiary alicyclic amines) is 2. The van der Waals surface area contributed by atoms with Gasteiger partial charge in [0.2, 0.25) is 0 Å². The Morgan fingerprint density at radius 2 is 1.18 bits per heavy atom. The number of hydrogen-bond acceptors (Lipinski definition) is 4. The minimum atomic E-state index is -0.0483. The van der Waals surface area contributed by atoms with Gasteiger partial charge in [0, 0.05) is 24.2 Å². The average molecular weight is 310 g/mol. The number of hydrogen-bond donors (Lipinski definition) is 2. The average Bonchev–Trinajstić information content (AvgIpc) is 2.54. The van der Waals surface area contributed by atoms with E-state index in [1.807, 2.05) is 0 Å². The molecule has 0 aromatic carbocycles. The number of aliphatic hydroxyl groups excluding tert-OH is 2. The van der Waals surface area contributed by atoms with E-state index in [-0.39, 0.29) is 24.3 Å². The number of aliphatic hydroxyl groups is 2. The maximum atomic E-state index is 9.68. The minimum absolute atomic E-state index is 0.0483. The fourth-order valence-electron chi connectivity index (χ4n) is 3.86. The molecule has 4 nitrogen and oxygen atoms in total. The summed E-state index contributed by atoms with van der Waals surface area (Å²) in [6.07, 6.45) is 11.6. The zero-order valence-corrected chi connectivity index (χ0v) is 14.4. The van der Waals surface area contributed by atoms with Crippen LogP contribution in [0.4, 0.5) is 0 Å². The van der Waals surface area contributed by atoms with Gasteiger partial charge in [-0.3, -0.25) is 9.80 Å². The second-order valence-corrected chi connectivity index (χ2v) is 7.59. The second kappa shape index (κ2) is 7.91. The third-order valence-corrected chi connectivity index (χ3v) is 5.81. The van der Waals surface area contributed by atoms with Gasteiger partial charge in [0.05, 0.1) is 13.2 Å². The summed E-state index contributed by atoms with van der Waals surface area (Å²) in [4.78, 5) is 4.82. The van der Waals surface area contributed by atoms with Crippen molar-refractivity contribution in [2.45, 2.75) is 63.5 Å². The Morgan fingerprint density at radius 1 is 0.773 bits per heavy atom. The molecular formula is C18H34N2O2. The second-order valence-electron chi connectivity index (χ2n) is 7.59. The molecule has 2 saturated heterocycles. The Bertz CT molecular complexity index is 340. The van der Waals surface area contributed by atoms with Crippen LogP contribution in [-0.4, -0.2) is 70.5 Å². The first kappa shape index (κ1) is 17.9. The molecule has 2 unspecified atom stereocenters. The molecule has 2 fully saturated rings. The molecule has 22 heavy (non-hydrogen) atoms. The lowest BCUT2D eigenvalue weighted by Gasteiger charge is -2.44. The number of piperidine rings is 2. The van der Waals surface area contributed by atoms with Crippen molar-refractivity contribution < 1.29 is 10.2 Å². The van der Waals surface area contributed by atoms with E-state index in [2.05, 4.69) is 35.8 Å². The fourth-order valence-corrected chi connectivity index (χ4v) is 3.86. The largest absolute Gasteiger partial charge is 0.394 e. The maximum absolute atomic E-state index is 9.68. The van der Waals surface area contributed by atoms with Crippen LogP contribution in [0.3, 0.4) is 0 Å². The van der Waals surface area contributed by atoms with Crippen molar-refractivity contribution in [3.8, 4) is 0 Å². The molecule has 2 aliphatic rings. The SMILES string of the molecule is CC1(CO)CCCCN1CC=CCN1CCCCC1(C)CO. The van der Waals surface area contributed by atoms with Crippen molar-refractivity contribution in [2.75, 3.05) is 39.4 Å². The molecule has 0 aromatic rings. The molecule has 2 atom stereocenters. The predicted octanol–water partition coefficient (Wildman–Crippen LogP) is 2.02. The van der Waals surface area contributed by atoms with Gasteiger partial charge < -0.3 is 10.2 Å². The lowest BCUT2D eigenvalue weighted by atomic mass is 9.89. The molecule has 4 heteroatoms. The molecule has 0 spiro atoms. The van der Waals surface area contributed by atoms with Gasteiger partial charge in [-0.2, -0.15) is 0 Å². The molecule has 2 heterocycles. The molecule has 0 aromatic heterocycles. The highest BCUT2D eigenvalue weighted by Crippen LogP contribution is 2.28. The molecule has 0 bridgehead atoms. The summed E-state index contributed by atoms with van der Waals surface area (Å²) in [5, 5.41) is 19.4. The molecule has 128 valence electrons. The van der Waals surface area contributed by atoms with E-state index in [0.29, 0.717) is 0 Å². The summed E-state index contributed by atoms with van der Waals surface area (Å²) < 4.78 is 0. The first-order chi connectivity index (χ1) is 10.5. The summed E-state index contributed by atoms with van der Waals surface area (Å²) >= 11 is 0. The van der Waals surface area contributed by atoms with Crippen molar-refractivity contribution in [1.82, 2.24) is 9.80 Å². The van der Waals surface area contributed by atoms with Crippen LogP contribution in [0.1, 0.15) is 52.4 Å². The first-order valence-corrected chi connectivity index (χ1v) is 8.91. The van der Waals surface area contributed by atoms with Crippen molar-refractivity contribution in [3.63, 3.8) is 0 Å². The summed E-state index contributed by atoms with van der Waals surface area (Å²) in [6.45, 7) is 8.84. The van der Waals surface area contributed by atoms with Crippen molar-refractivity contribution >= 4 is 0 Å². The van der Waals surface area contributed by atoms with Gasteiger partial charge in [0.15, 0.2) is 0 Å². The third kappa shape index (κ3) is 4.10. The summed E-state index contributed by atoms with van der Waals surface area (Å²) in [7, 11) is 0. The van der Waals surface area contributed by atoms with Crippen molar-refractivity contribution in [3.05, 3.63) is 12.2 Å². The number of nitrogens with zero attached hydrogens (tertiary/aromatic N) is 2. The lowest BCUT2D eigenvalue weighted by Crippen LogP contribution is -2.52. The van der Waals surface area contributed by atoms with Gasteiger partial charge >= 0.3 is 0 Å². The van der Waals surface area contributed by atoms with Crippen LogP contribution < -0.4 is 0 Å². The van der Waals surface area contributed by atoms with Crippen LogP contribution in [0, 0.1) is 0 Å². The molecule has 0 radical (unpaired) electrons. The topological polar surface area (TPSA) is 46.9 Å². The van der Waals surface area contributed by atoms with Gasteiger partial charge in [-0.25, -0.2) is 0 Å². The van der Waals surface area contributed by atoms with Gasteiger partial charge in [0.25, 0.3) is 0 Å². The van der Waals surface area contributed by atoms with E-state index in [0.717, 1.165) is 39.0 Å². The highest BCUT2D eigenvalue weighted by atomic mass is 16.3. The van der Waals surface area contributed by atoms with E-state index < -0.39 is 0 Å². The highest BCUT2D eigenvalue weighted by molar-refractivity contribution is 4.98. The van der Waals surface area contributed by atoms with E-state index >= 15 is 0 Å². The van der Waals surface area contributed by atoms with Gasteiger partial charge in [-0.1, -0.05) is 25.0 Å². The van der Waals surface area contributed by atoms with Crippen LogP contribution in [-0.2, 0) is 0 Å². The predicted molar refractivity (Wildman–Crippen MR) is 91.0 cm³/mol. The maximum Gasteiger partial charge on any atom is 0.0612 e. The molecule has 0 aliphatic carbocycles. The van der Waals surface area contributed by atoms with Gasteiger partial charge in [0.1, 0.15) is 0 Å². The first-order valence-electron chi connectivity index (χ1n) is 8.91. The monoisotopic (exact) mass is 310 g/mol. The van der Waals surface area contributed by atoms with E-state index in [1.54, 1.807) is 0 Å². The van der Waals surface area contributed by atoms with Crippen LogP contribution in [0.2, 0.25) is 0 Å². The molecule has 2 rings (SSSR count). The lowest BCUT2D eigenvalue weighted by molar-refractivity contribution is 0.0184. The summed E-state index contributed by atoms with van der Waals surface area (Å²) in [5.41, 5.74) is -0.0966. The molecule has 0 amide bonds. The van der Waals surface area contributed by atoms with Crippen molar-refractivity contribution in [1.29, 1.82) is 0 Å². The Balaban J connectivity index is 1.84. The van der Waals surface area contributed by atoms with E-state index in [1.165, 1.54) is 25.7 Å². The van der Waals surface area contributed by atoms with E-state index in [4.69, 9.17) is 0 Å². The Labute approximate surface area is 135 Å². The standard InChI is InChI=1S/C18H34N2O2/c1-17(15-21)9-3-5-11-19(17)13-7-8-14-20-12-6-4-10-18(20,2)16-22/h7-8,21-22H,3-6,9-16H2,1-2H3. The van der Waals surface area contributed by atoms with E-state index in [9.17, 15) is 10.2 Å². The smallest absolute Gasteiger partial charge is 0.0612 e. The third-order valence-electron chi connectivity index (χ3n) is 5.81. The quantitative estimate of drug-likeness (QED) is 0.737. The summed E-state index contributed by atoms with van der Waals surface area (Å²) in [6, 6.07) is 0. The van der Waals surface area contributed by atoms with Crippen LogP contribution in [0.25, 0.3) is 0 Å². The Hall–Kier alpha value is -0.420.